The number of rotatable bonds is 5. The number of halogens is 2. The molecule has 2 N–H and O–H groups in total. The van der Waals surface area contributed by atoms with Gasteiger partial charge in [-0.2, -0.15) is 0 Å². The number of hydrogen-bond donors (Lipinski definition) is 2. The molecule has 0 aliphatic carbocycles. The van der Waals surface area contributed by atoms with Gasteiger partial charge < -0.3 is 10.4 Å². The molecule has 0 atom stereocenters. The molecule has 0 aromatic heterocycles. The van der Waals surface area contributed by atoms with Gasteiger partial charge in [0.1, 0.15) is 0 Å². The van der Waals surface area contributed by atoms with Gasteiger partial charge in [-0.3, -0.25) is 9.59 Å². The molecular weight excluding hydrogens is 289 g/mol. The first kappa shape index (κ1) is 15.8. The van der Waals surface area contributed by atoms with Crippen LogP contribution in [0.3, 0.4) is 0 Å². The molecule has 6 heteroatoms. The van der Waals surface area contributed by atoms with Gasteiger partial charge in [-0.05, 0) is 31.5 Å². The fourth-order valence-corrected chi connectivity index (χ4v) is 1.85. The molecule has 0 heterocycles. The van der Waals surface area contributed by atoms with Crippen LogP contribution in [-0.4, -0.2) is 23.5 Å². The zero-order valence-electron chi connectivity index (χ0n) is 10.7. The van der Waals surface area contributed by atoms with E-state index in [1.54, 1.807) is 18.2 Å². The Morgan fingerprint density at radius 1 is 1.26 bits per heavy atom. The predicted molar refractivity (Wildman–Crippen MR) is 74.6 cm³/mol. The predicted octanol–water partition coefficient (Wildman–Crippen LogP) is 2.76. The van der Waals surface area contributed by atoms with Crippen molar-refractivity contribution in [3.63, 3.8) is 0 Å². The summed E-state index contributed by atoms with van der Waals surface area (Å²) in [6, 6.07) is 4.99. The zero-order valence-corrected chi connectivity index (χ0v) is 12.2. The summed E-state index contributed by atoms with van der Waals surface area (Å²) in [5.74, 6) is -1.28. The highest BCUT2D eigenvalue weighted by Crippen LogP contribution is 2.24. The number of carbonyl (C=O) groups excluding carboxylic acids is 1. The van der Waals surface area contributed by atoms with Crippen LogP contribution in [-0.2, 0) is 16.0 Å². The number of carbonyl (C=O) groups is 2. The number of benzene rings is 1. The van der Waals surface area contributed by atoms with Gasteiger partial charge in [-0.25, -0.2) is 0 Å². The molecule has 0 saturated carbocycles. The van der Waals surface area contributed by atoms with E-state index >= 15 is 0 Å². The first-order valence-electron chi connectivity index (χ1n) is 5.67. The van der Waals surface area contributed by atoms with Crippen LogP contribution in [0.2, 0.25) is 10.0 Å². The number of hydrogen-bond acceptors (Lipinski definition) is 2. The Balaban J connectivity index is 2.64. The lowest BCUT2D eigenvalue weighted by Gasteiger charge is -2.19. The Morgan fingerprint density at radius 3 is 2.26 bits per heavy atom. The van der Waals surface area contributed by atoms with Gasteiger partial charge in [0.25, 0.3) is 0 Å². The maximum atomic E-state index is 11.8. The monoisotopic (exact) mass is 303 g/mol. The third-order valence-electron chi connectivity index (χ3n) is 2.71. The summed E-state index contributed by atoms with van der Waals surface area (Å²) in [7, 11) is 0. The number of carboxylic acids is 1. The fourth-order valence-electron chi connectivity index (χ4n) is 1.32. The smallest absolute Gasteiger partial charge is 0.310 e. The Kier molecular flexibility index (Phi) is 5.20. The normalized spacial score (nSPS) is 11.2. The molecule has 4 nitrogen and oxygen atoms in total. The summed E-state index contributed by atoms with van der Waals surface area (Å²) in [5.41, 5.74) is -0.476. The van der Waals surface area contributed by atoms with E-state index in [0.717, 1.165) is 0 Å². The van der Waals surface area contributed by atoms with E-state index < -0.39 is 11.4 Å². The minimum Gasteiger partial charge on any atom is -0.481 e. The van der Waals surface area contributed by atoms with Crippen molar-refractivity contribution >= 4 is 35.1 Å². The maximum absolute atomic E-state index is 11.8. The molecule has 0 fully saturated rings. The van der Waals surface area contributed by atoms with Crippen molar-refractivity contribution in [3.8, 4) is 0 Å². The van der Waals surface area contributed by atoms with Crippen LogP contribution in [0.4, 0.5) is 0 Å². The Bertz CT molecular complexity index is 480. The summed E-state index contributed by atoms with van der Waals surface area (Å²) < 4.78 is 0. The van der Waals surface area contributed by atoms with Gasteiger partial charge in [-0.15, -0.1) is 0 Å². The molecular formula is C13H15Cl2NO3. The molecule has 1 aromatic carbocycles. The molecule has 0 spiro atoms. The third kappa shape index (κ3) is 4.40. The average Bonchev–Trinajstić information content (AvgIpc) is 2.31. The van der Waals surface area contributed by atoms with Crippen LogP contribution >= 0.6 is 23.2 Å². The highest BCUT2D eigenvalue weighted by Gasteiger charge is 2.27. The van der Waals surface area contributed by atoms with Crippen LogP contribution in [0.15, 0.2) is 18.2 Å². The molecule has 0 aliphatic heterocycles. The van der Waals surface area contributed by atoms with Gasteiger partial charge >= 0.3 is 5.97 Å². The lowest BCUT2D eigenvalue weighted by molar-refractivity contribution is -0.146. The van der Waals surface area contributed by atoms with Crippen LogP contribution in [0.25, 0.3) is 0 Å². The van der Waals surface area contributed by atoms with Crippen LogP contribution in [0.5, 0.6) is 0 Å². The number of aliphatic carboxylic acids is 1. The van der Waals surface area contributed by atoms with E-state index in [-0.39, 0.29) is 18.9 Å². The van der Waals surface area contributed by atoms with Gasteiger partial charge in [0.05, 0.1) is 11.8 Å². The molecule has 0 bridgehead atoms. The topological polar surface area (TPSA) is 66.4 Å². The first-order chi connectivity index (χ1) is 8.74. The van der Waals surface area contributed by atoms with E-state index in [4.69, 9.17) is 28.3 Å². The molecule has 0 radical (unpaired) electrons. The van der Waals surface area contributed by atoms with Crippen molar-refractivity contribution in [2.45, 2.75) is 20.3 Å². The van der Waals surface area contributed by atoms with E-state index in [1.165, 1.54) is 13.8 Å². The highest BCUT2D eigenvalue weighted by molar-refractivity contribution is 6.36. The molecule has 104 valence electrons. The first-order valence-corrected chi connectivity index (χ1v) is 6.42. The lowest BCUT2D eigenvalue weighted by atomic mass is 9.94. The largest absolute Gasteiger partial charge is 0.481 e. The van der Waals surface area contributed by atoms with Crippen LogP contribution < -0.4 is 5.32 Å². The van der Waals surface area contributed by atoms with E-state index in [1.807, 2.05) is 0 Å². The van der Waals surface area contributed by atoms with Crippen molar-refractivity contribution in [3.05, 3.63) is 33.8 Å². The summed E-state index contributed by atoms with van der Waals surface area (Å²) >= 11 is 11.9. The van der Waals surface area contributed by atoms with Crippen molar-refractivity contribution in [2.24, 2.45) is 5.41 Å². The van der Waals surface area contributed by atoms with Crippen molar-refractivity contribution < 1.29 is 14.7 Å². The molecule has 1 amide bonds. The van der Waals surface area contributed by atoms with Gasteiger partial charge in [-0.1, -0.05) is 29.3 Å². The van der Waals surface area contributed by atoms with Gasteiger partial charge in [0.2, 0.25) is 5.91 Å². The Labute approximate surface area is 121 Å². The van der Waals surface area contributed by atoms with Gasteiger partial charge in [0.15, 0.2) is 0 Å². The van der Waals surface area contributed by atoms with E-state index in [2.05, 4.69) is 5.32 Å². The summed E-state index contributed by atoms with van der Waals surface area (Å²) in [5, 5.41) is 12.3. The highest BCUT2D eigenvalue weighted by atomic mass is 35.5. The van der Waals surface area contributed by atoms with E-state index in [0.29, 0.717) is 15.6 Å². The Hall–Kier alpha value is -1.26. The van der Waals surface area contributed by atoms with Gasteiger partial charge in [0, 0.05) is 16.6 Å². The second-order valence-corrected chi connectivity index (χ2v) is 5.66. The number of amides is 1. The lowest BCUT2D eigenvalue weighted by Crippen LogP contribution is -2.39. The molecule has 0 unspecified atom stereocenters. The second kappa shape index (κ2) is 6.26. The fraction of sp³-hybridized carbons (Fsp3) is 0.385. The minimum absolute atomic E-state index is 0.0220. The second-order valence-electron chi connectivity index (χ2n) is 4.84. The number of carboxylic acid groups (broad SMARTS) is 1. The molecule has 1 aromatic rings. The summed E-state index contributed by atoms with van der Waals surface area (Å²) in [4.78, 5) is 22.7. The summed E-state index contributed by atoms with van der Waals surface area (Å²) in [6.07, 6.45) is 0.0220. The van der Waals surface area contributed by atoms with Crippen molar-refractivity contribution in [1.82, 2.24) is 5.32 Å². The minimum atomic E-state index is -1.01. The Morgan fingerprint density at radius 2 is 1.79 bits per heavy atom. The zero-order chi connectivity index (χ0) is 14.6. The van der Waals surface area contributed by atoms with Crippen molar-refractivity contribution in [1.29, 1.82) is 0 Å². The quantitative estimate of drug-likeness (QED) is 0.879. The molecule has 1 rings (SSSR count). The summed E-state index contributed by atoms with van der Waals surface area (Å²) in [6.45, 7) is 3.12. The third-order valence-corrected chi connectivity index (χ3v) is 3.41. The molecule has 0 aliphatic rings. The van der Waals surface area contributed by atoms with Crippen LogP contribution in [0.1, 0.15) is 19.4 Å². The molecule has 0 saturated heterocycles. The number of nitrogens with one attached hydrogen (secondary N) is 1. The van der Waals surface area contributed by atoms with Crippen molar-refractivity contribution in [2.75, 3.05) is 6.54 Å². The van der Waals surface area contributed by atoms with Crippen LogP contribution in [0, 0.1) is 5.41 Å². The standard InChI is InChI=1S/C13H15Cl2NO3/c1-13(2,12(18)19)7-16-11(17)6-8-9(14)4-3-5-10(8)15/h3-5H,6-7H2,1-2H3,(H,16,17)(H,18,19). The average molecular weight is 304 g/mol. The maximum Gasteiger partial charge on any atom is 0.310 e. The van der Waals surface area contributed by atoms with E-state index in [9.17, 15) is 9.59 Å². The SMILES string of the molecule is CC(C)(CNC(=O)Cc1c(Cl)cccc1Cl)C(=O)O. The molecule has 19 heavy (non-hydrogen) atoms.